The number of hydrogen-bond donors (Lipinski definition) is 1. The van der Waals surface area contributed by atoms with Crippen molar-refractivity contribution in [2.45, 2.75) is 32.2 Å². The molecule has 0 saturated carbocycles. The molecule has 0 radical (unpaired) electrons. The molecule has 1 aliphatic heterocycles. The molecule has 1 atom stereocenters. The smallest absolute Gasteiger partial charge is 0.438 e. The lowest BCUT2D eigenvalue weighted by molar-refractivity contribution is -0.297. The lowest BCUT2D eigenvalue weighted by Crippen LogP contribution is -2.56. The molecule has 2 rings (SSSR count). The number of aryl methyl sites for hydroxylation is 1. The number of rotatable bonds is 1. The van der Waals surface area contributed by atoms with Crippen LogP contribution in [0.15, 0.2) is 52.2 Å². The molecular weight excluding hydrogens is 325 g/mol. The average Bonchev–Trinajstić information content (AvgIpc) is 3.03. The molecule has 1 aliphatic rings. The average molecular weight is 340 g/mol. The second-order valence-corrected chi connectivity index (χ2v) is 4.81. The molecule has 2 heterocycles. The zero-order chi connectivity index (χ0) is 18.5. The highest BCUT2D eigenvalue weighted by atomic mass is 19.4. The van der Waals surface area contributed by atoms with E-state index in [1.807, 2.05) is 0 Å². The molecule has 0 saturated heterocycles. The fraction of sp³-hybridized carbons (Fsp3) is 0.312. The summed E-state index contributed by atoms with van der Waals surface area (Å²) in [5, 5.41) is 13.3. The topological polar surface area (TPSA) is 66.0 Å². The first-order valence-corrected chi connectivity index (χ1v) is 6.59. The number of aliphatic hydroxyl groups is 1. The molecule has 0 bridgehead atoms. The monoisotopic (exact) mass is 340 g/mol. The molecule has 1 N–H and O–H groups in total. The normalized spacial score (nSPS) is 19.4. The molecule has 1 aromatic heterocycles. The van der Waals surface area contributed by atoms with Crippen LogP contribution in [0.25, 0.3) is 0 Å². The Morgan fingerprint density at radius 3 is 2.38 bits per heavy atom. The minimum atomic E-state index is -5.00. The van der Waals surface area contributed by atoms with E-state index in [0.717, 1.165) is 0 Å². The summed E-state index contributed by atoms with van der Waals surface area (Å²) in [7, 11) is 0. The third-order valence-electron chi connectivity index (χ3n) is 3.04. The second kappa shape index (κ2) is 7.21. The highest BCUT2D eigenvalue weighted by Crippen LogP contribution is 2.41. The number of alkyl halides is 3. The van der Waals surface area contributed by atoms with E-state index in [1.54, 1.807) is 0 Å². The van der Waals surface area contributed by atoms with Crippen molar-refractivity contribution in [1.29, 1.82) is 0 Å². The van der Waals surface area contributed by atoms with Gasteiger partial charge in [0, 0.05) is 12.1 Å². The predicted octanol–water partition coefficient (Wildman–Crippen LogP) is 3.33. The Balaban J connectivity index is 0.000000505. The number of amides is 1. The van der Waals surface area contributed by atoms with Crippen LogP contribution in [0.3, 0.4) is 0 Å². The molecule has 0 aromatic carbocycles. The molecule has 5 nitrogen and oxygen atoms in total. The van der Waals surface area contributed by atoms with Gasteiger partial charge in [-0.1, -0.05) is 11.5 Å². The summed E-state index contributed by atoms with van der Waals surface area (Å²) < 4.78 is 43.7. The minimum Gasteiger partial charge on any atom is -0.469 e. The van der Waals surface area contributed by atoms with Gasteiger partial charge in [-0.2, -0.15) is 23.3 Å². The lowest BCUT2D eigenvalue weighted by Gasteiger charge is -2.32. The maximum absolute atomic E-state index is 12.9. The van der Waals surface area contributed by atoms with Crippen LogP contribution in [0.5, 0.6) is 0 Å². The van der Waals surface area contributed by atoms with Crippen LogP contribution in [0.4, 0.5) is 13.2 Å². The van der Waals surface area contributed by atoms with Crippen molar-refractivity contribution in [3.05, 3.63) is 54.0 Å². The van der Waals surface area contributed by atoms with Crippen molar-refractivity contribution in [2.75, 3.05) is 0 Å². The van der Waals surface area contributed by atoms with Gasteiger partial charge in [0.15, 0.2) is 0 Å². The Labute approximate surface area is 136 Å². The van der Waals surface area contributed by atoms with Crippen molar-refractivity contribution >= 4 is 11.6 Å². The largest absolute Gasteiger partial charge is 0.469 e. The van der Waals surface area contributed by atoms with Crippen LogP contribution >= 0.6 is 0 Å². The van der Waals surface area contributed by atoms with Gasteiger partial charge in [0.05, 0.1) is 11.8 Å². The Hall–Kier alpha value is -2.75. The zero-order valence-electron chi connectivity index (χ0n) is 13.1. The van der Waals surface area contributed by atoms with Crippen LogP contribution in [-0.2, 0) is 0 Å². The SMILES string of the molecule is C=C=C=C=C.CC1=NN(C(=O)c2ccoc2C)C(O)(C(F)(F)F)C1. The summed E-state index contributed by atoms with van der Waals surface area (Å²) in [6.45, 7) is 9.17. The van der Waals surface area contributed by atoms with Crippen molar-refractivity contribution in [3.63, 3.8) is 0 Å². The summed E-state index contributed by atoms with van der Waals surface area (Å²) in [4.78, 5) is 12.0. The molecule has 0 fully saturated rings. The summed E-state index contributed by atoms with van der Waals surface area (Å²) in [6.07, 6.45) is -4.58. The van der Waals surface area contributed by atoms with Crippen molar-refractivity contribution in [2.24, 2.45) is 5.10 Å². The van der Waals surface area contributed by atoms with Gasteiger partial charge in [-0.15, -0.1) is 0 Å². The number of furan rings is 1. The van der Waals surface area contributed by atoms with E-state index in [9.17, 15) is 23.1 Å². The number of nitrogens with zero attached hydrogens (tertiary/aromatic N) is 2. The molecule has 8 heteroatoms. The van der Waals surface area contributed by atoms with Gasteiger partial charge in [0.2, 0.25) is 0 Å². The number of carbonyl (C=O) groups is 1. The second-order valence-electron chi connectivity index (χ2n) is 4.81. The van der Waals surface area contributed by atoms with Gasteiger partial charge in [0.25, 0.3) is 11.6 Å². The third kappa shape index (κ3) is 3.77. The maximum Gasteiger partial charge on any atom is 0.438 e. The first-order chi connectivity index (χ1) is 11.1. The predicted molar refractivity (Wildman–Crippen MR) is 80.1 cm³/mol. The van der Waals surface area contributed by atoms with Gasteiger partial charge < -0.3 is 9.52 Å². The molecule has 1 aromatic rings. The van der Waals surface area contributed by atoms with Gasteiger partial charge in [-0.3, -0.25) is 4.79 Å². The van der Waals surface area contributed by atoms with Crippen LogP contribution in [-0.4, -0.2) is 33.6 Å². The number of hydrazone groups is 1. The van der Waals surface area contributed by atoms with Crippen molar-refractivity contribution < 1.29 is 27.5 Å². The molecule has 1 amide bonds. The molecule has 24 heavy (non-hydrogen) atoms. The van der Waals surface area contributed by atoms with E-state index < -0.39 is 24.2 Å². The fourth-order valence-electron chi connectivity index (χ4n) is 1.94. The van der Waals surface area contributed by atoms with Crippen LogP contribution in [0, 0.1) is 6.92 Å². The van der Waals surface area contributed by atoms with Gasteiger partial charge in [-0.25, -0.2) is 0 Å². The zero-order valence-corrected chi connectivity index (χ0v) is 13.1. The summed E-state index contributed by atoms with van der Waals surface area (Å²) in [5.74, 6) is -0.891. The number of carbonyl (C=O) groups excluding carboxylic acids is 1. The maximum atomic E-state index is 12.9. The van der Waals surface area contributed by atoms with Crippen molar-refractivity contribution in [1.82, 2.24) is 5.01 Å². The summed E-state index contributed by atoms with van der Waals surface area (Å²) in [6, 6.07) is 1.23. The quantitative estimate of drug-likeness (QED) is 0.798. The Morgan fingerprint density at radius 2 is 2.00 bits per heavy atom. The molecule has 0 aliphatic carbocycles. The van der Waals surface area contributed by atoms with E-state index >= 15 is 0 Å². The Kier molecular flexibility index (Phi) is 5.80. The Bertz CT molecular complexity index is 750. The van der Waals surface area contributed by atoms with E-state index in [2.05, 4.69) is 35.5 Å². The summed E-state index contributed by atoms with van der Waals surface area (Å²) >= 11 is 0. The third-order valence-corrected chi connectivity index (χ3v) is 3.04. The molecule has 128 valence electrons. The van der Waals surface area contributed by atoms with E-state index in [-0.39, 0.29) is 22.0 Å². The first kappa shape index (κ1) is 19.3. The molecular formula is C16H15F3N2O3. The van der Waals surface area contributed by atoms with E-state index in [4.69, 9.17) is 4.42 Å². The standard InChI is InChI=1S/C11H11F3N2O3.C5H4/c1-6-5-10(18,11(12,13)14)16(15-6)9(17)8-3-4-19-7(8)2;1-3-5-4-2/h3-4,18H,5H2,1-2H3;1-2H2. The molecule has 0 spiro atoms. The van der Waals surface area contributed by atoms with Crippen LogP contribution in [0.2, 0.25) is 0 Å². The highest BCUT2D eigenvalue weighted by Gasteiger charge is 2.62. The van der Waals surface area contributed by atoms with Crippen molar-refractivity contribution in [3.8, 4) is 0 Å². The highest BCUT2D eigenvalue weighted by molar-refractivity contribution is 5.98. The molecule has 1 unspecified atom stereocenters. The number of halogens is 3. The van der Waals surface area contributed by atoms with Gasteiger partial charge in [0.1, 0.15) is 5.76 Å². The van der Waals surface area contributed by atoms with E-state index in [0.29, 0.717) is 0 Å². The lowest BCUT2D eigenvalue weighted by atomic mass is 10.1. The first-order valence-electron chi connectivity index (χ1n) is 6.59. The van der Waals surface area contributed by atoms with Crippen LogP contribution < -0.4 is 0 Å². The Morgan fingerprint density at radius 1 is 1.42 bits per heavy atom. The summed E-state index contributed by atoms with van der Waals surface area (Å²) in [5.41, 5.74) is 3.72. The van der Waals surface area contributed by atoms with Crippen LogP contribution in [0.1, 0.15) is 29.5 Å². The fourth-order valence-corrected chi connectivity index (χ4v) is 1.94. The van der Waals surface area contributed by atoms with Gasteiger partial charge in [-0.05, 0) is 38.8 Å². The van der Waals surface area contributed by atoms with Gasteiger partial charge >= 0.3 is 6.18 Å². The number of hydrogen-bond acceptors (Lipinski definition) is 4. The van der Waals surface area contributed by atoms with E-state index in [1.165, 1.54) is 26.2 Å². The minimum absolute atomic E-state index is 0.0225.